The molecule has 0 amide bonds. The Labute approximate surface area is 306 Å². The normalized spacial score (nSPS) is 14.2. The molecule has 0 aromatic carbocycles. The van der Waals surface area contributed by atoms with Crippen LogP contribution in [0.4, 0.5) is 0 Å². The molecule has 0 fully saturated rings. The lowest BCUT2D eigenvalue weighted by Gasteiger charge is -2.19. The molecule has 0 bridgehead atoms. The summed E-state index contributed by atoms with van der Waals surface area (Å²) >= 11 is 0. The molecule has 0 heterocycles. The van der Waals surface area contributed by atoms with Gasteiger partial charge in [-0.15, -0.1) is 0 Å². The predicted octanol–water partition coefficient (Wildman–Crippen LogP) is 11.8. The first-order valence-corrected chi connectivity index (χ1v) is 21.3. The van der Waals surface area contributed by atoms with Crippen LogP contribution in [-0.4, -0.2) is 43.3 Å². The Bertz CT molecular complexity index is 947. The number of carbonyl (C=O) groups excluding carboxylic acids is 1. The molecule has 0 aliphatic heterocycles. The fourth-order valence-corrected chi connectivity index (χ4v) is 5.83. The number of phosphoric ester groups is 1. The van der Waals surface area contributed by atoms with Gasteiger partial charge in [0.15, 0.2) is 6.10 Å². The van der Waals surface area contributed by atoms with Crippen LogP contribution in [0.5, 0.6) is 0 Å². The van der Waals surface area contributed by atoms with E-state index in [1.54, 1.807) is 6.26 Å². The number of hydrogen-bond donors (Lipinski definition) is 2. The molecule has 0 aliphatic carbocycles. The quantitative estimate of drug-likeness (QED) is 0.0214. The molecule has 50 heavy (non-hydrogen) atoms. The Morgan fingerprint density at radius 1 is 0.620 bits per heavy atom. The molecule has 0 saturated carbocycles. The minimum absolute atomic E-state index is 0.0174. The van der Waals surface area contributed by atoms with Gasteiger partial charge in [-0.05, 0) is 63.9 Å². The van der Waals surface area contributed by atoms with Gasteiger partial charge in [-0.2, -0.15) is 0 Å². The van der Waals surface area contributed by atoms with Gasteiger partial charge >= 0.3 is 13.8 Å². The zero-order chi connectivity index (χ0) is 36.6. The van der Waals surface area contributed by atoms with Crippen LogP contribution in [0.3, 0.4) is 0 Å². The summed E-state index contributed by atoms with van der Waals surface area (Å²) in [6.45, 7) is 4.12. The van der Waals surface area contributed by atoms with Crippen LogP contribution in [0.25, 0.3) is 0 Å². The summed E-state index contributed by atoms with van der Waals surface area (Å²) in [5.41, 5.74) is 5.35. The van der Waals surface area contributed by atoms with Crippen molar-refractivity contribution >= 4 is 13.8 Å². The third-order valence-electron chi connectivity index (χ3n) is 7.98. The van der Waals surface area contributed by atoms with Gasteiger partial charge < -0.3 is 20.1 Å². The fourth-order valence-electron chi connectivity index (χ4n) is 5.07. The highest BCUT2D eigenvalue weighted by Gasteiger charge is 2.25. The van der Waals surface area contributed by atoms with E-state index in [0.717, 1.165) is 57.8 Å². The number of hydrogen-bond acceptors (Lipinski definition) is 7. The number of ether oxygens (including phenoxy) is 2. The van der Waals surface area contributed by atoms with Crippen LogP contribution in [0, 0.1) is 0 Å². The average Bonchev–Trinajstić information content (AvgIpc) is 3.10. The molecular weight excluding hydrogens is 649 g/mol. The van der Waals surface area contributed by atoms with E-state index in [4.69, 9.17) is 24.3 Å². The average molecular weight is 724 g/mol. The number of nitrogens with two attached hydrogens (primary N) is 1. The molecule has 0 rings (SSSR count). The summed E-state index contributed by atoms with van der Waals surface area (Å²) in [7, 11) is -4.30. The molecule has 0 aromatic heterocycles. The van der Waals surface area contributed by atoms with E-state index in [1.165, 1.54) is 77.0 Å². The van der Waals surface area contributed by atoms with Crippen LogP contribution in [0.2, 0.25) is 0 Å². The molecule has 0 aromatic rings. The number of carbonyl (C=O) groups is 1. The summed E-state index contributed by atoms with van der Waals surface area (Å²) in [4.78, 5) is 22.4. The Morgan fingerprint density at radius 2 is 1.12 bits per heavy atom. The maximum absolute atomic E-state index is 12.5. The maximum atomic E-state index is 12.5. The standard InChI is InChI=1S/C41H74NO7P/c1-3-5-7-9-11-13-15-17-19-20-21-22-24-26-28-30-32-34-41(43)49-40(39-48-50(44,45)47-37-35-42)38-46-36-33-31-29-27-25-23-18-16-14-12-10-8-6-4-2/h7,9,13,15,19-20,22,24,33,36,40H,3-6,8,10-12,14,16-18,21,23,25-32,34-35,37-39,42H2,1-2H3,(H,44,45)/b9-7+,15-13+,20-19+,24-22+,36-33+/t40-/m1/s1. The lowest BCUT2D eigenvalue weighted by atomic mass is 10.0. The van der Waals surface area contributed by atoms with Crippen LogP contribution >= 0.6 is 7.82 Å². The van der Waals surface area contributed by atoms with Gasteiger partial charge in [-0.3, -0.25) is 13.8 Å². The van der Waals surface area contributed by atoms with Crippen LogP contribution < -0.4 is 5.73 Å². The van der Waals surface area contributed by atoms with Crippen molar-refractivity contribution in [2.45, 2.75) is 168 Å². The van der Waals surface area contributed by atoms with E-state index in [0.29, 0.717) is 6.42 Å². The summed E-state index contributed by atoms with van der Waals surface area (Å²) in [6, 6.07) is 0. The van der Waals surface area contributed by atoms with Gasteiger partial charge in [0.2, 0.25) is 0 Å². The van der Waals surface area contributed by atoms with E-state index in [2.05, 4.69) is 62.5 Å². The third kappa shape index (κ3) is 37.3. The van der Waals surface area contributed by atoms with Gasteiger partial charge in [0.1, 0.15) is 6.61 Å². The van der Waals surface area contributed by atoms with Crippen molar-refractivity contribution in [2.24, 2.45) is 5.73 Å². The van der Waals surface area contributed by atoms with Crippen LogP contribution in [0.1, 0.15) is 162 Å². The molecule has 0 spiro atoms. The molecular formula is C41H74NO7P. The van der Waals surface area contributed by atoms with Gasteiger partial charge in [0.25, 0.3) is 0 Å². The Balaban J connectivity index is 4.21. The molecule has 0 aliphatic rings. The first-order chi connectivity index (χ1) is 24.4. The highest BCUT2D eigenvalue weighted by molar-refractivity contribution is 7.47. The largest absolute Gasteiger partial charge is 0.498 e. The highest BCUT2D eigenvalue weighted by atomic mass is 31.2. The molecule has 9 heteroatoms. The van der Waals surface area contributed by atoms with Crippen molar-refractivity contribution in [3.05, 3.63) is 60.9 Å². The first kappa shape index (κ1) is 48.0. The van der Waals surface area contributed by atoms with Crippen molar-refractivity contribution in [3.8, 4) is 0 Å². The van der Waals surface area contributed by atoms with Crippen molar-refractivity contribution in [3.63, 3.8) is 0 Å². The van der Waals surface area contributed by atoms with E-state index >= 15 is 0 Å². The lowest BCUT2D eigenvalue weighted by Crippen LogP contribution is -2.27. The maximum Gasteiger partial charge on any atom is 0.472 e. The molecule has 0 saturated heterocycles. The third-order valence-corrected chi connectivity index (χ3v) is 8.97. The molecule has 3 N–H and O–H groups in total. The highest BCUT2D eigenvalue weighted by Crippen LogP contribution is 2.43. The second kappa shape index (κ2) is 38.3. The second-order valence-corrected chi connectivity index (χ2v) is 14.3. The summed E-state index contributed by atoms with van der Waals surface area (Å²) in [5, 5.41) is 0. The summed E-state index contributed by atoms with van der Waals surface area (Å²) in [6.07, 6.45) is 46.1. The second-order valence-electron chi connectivity index (χ2n) is 12.9. The number of unbranched alkanes of at least 4 members (excludes halogenated alkanes) is 16. The zero-order valence-electron chi connectivity index (χ0n) is 31.9. The molecule has 2 atom stereocenters. The molecule has 290 valence electrons. The van der Waals surface area contributed by atoms with Gasteiger partial charge in [-0.1, -0.05) is 146 Å². The number of phosphoric acid groups is 1. The van der Waals surface area contributed by atoms with Crippen LogP contribution in [-0.2, 0) is 27.9 Å². The van der Waals surface area contributed by atoms with Crippen molar-refractivity contribution in [2.75, 3.05) is 26.4 Å². The van der Waals surface area contributed by atoms with Gasteiger partial charge in [-0.25, -0.2) is 4.57 Å². The van der Waals surface area contributed by atoms with Crippen LogP contribution in [0.15, 0.2) is 60.9 Å². The lowest BCUT2D eigenvalue weighted by molar-refractivity contribution is -0.153. The zero-order valence-corrected chi connectivity index (χ0v) is 32.8. The smallest absolute Gasteiger partial charge is 0.472 e. The summed E-state index contributed by atoms with van der Waals surface area (Å²) < 4.78 is 33.1. The van der Waals surface area contributed by atoms with E-state index in [-0.39, 0.29) is 38.8 Å². The van der Waals surface area contributed by atoms with Gasteiger partial charge in [0.05, 0.1) is 19.5 Å². The molecule has 1 unspecified atom stereocenters. The number of allylic oxidation sites excluding steroid dienone is 9. The molecule has 0 radical (unpaired) electrons. The molecule has 8 nitrogen and oxygen atoms in total. The van der Waals surface area contributed by atoms with Crippen molar-refractivity contribution < 1.29 is 32.8 Å². The van der Waals surface area contributed by atoms with E-state index in [1.807, 2.05) is 6.08 Å². The Hall–Kier alpha value is -1.96. The minimum Gasteiger partial charge on any atom is -0.498 e. The minimum atomic E-state index is -4.30. The summed E-state index contributed by atoms with van der Waals surface area (Å²) in [5.74, 6) is -0.384. The van der Waals surface area contributed by atoms with E-state index in [9.17, 15) is 14.3 Å². The monoisotopic (exact) mass is 724 g/mol. The Morgan fingerprint density at radius 3 is 1.68 bits per heavy atom. The van der Waals surface area contributed by atoms with Gasteiger partial charge in [0, 0.05) is 13.0 Å². The SMILES string of the molecule is CCC/C=C/C/C=C/C/C=C/C/C=C/CCCCCC(=O)O[C@H](CO/C=C/CCCCCCCCCCCCCC)COP(=O)(O)OCCN. The predicted molar refractivity (Wildman–Crippen MR) is 210 cm³/mol. The number of esters is 1. The topological polar surface area (TPSA) is 117 Å². The fraction of sp³-hybridized carbons (Fsp3) is 0.732. The Kier molecular flexibility index (Phi) is 36.8. The van der Waals surface area contributed by atoms with E-state index < -0.39 is 13.9 Å². The van der Waals surface area contributed by atoms with Crippen molar-refractivity contribution in [1.82, 2.24) is 0 Å². The number of rotatable bonds is 37. The van der Waals surface area contributed by atoms with Crippen molar-refractivity contribution in [1.29, 1.82) is 0 Å². The first-order valence-electron chi connectivity index (χ1n) is 19.8.